The number of halogens is 5. The summed E-state index contributed by atoms with van der Waals surface area (Å²) in [7, 11) is 0. The molecule has 2 aliphatic rings. The van der Waals surface area contributed by atoms with Crippen molar-refractivity contribution < 1.29 is 31.5 Å². The standard InChI is InChI=1S/C30H36F5N3O2.CH4/c31-29(32)15-10-23(11-16-29)28(40)37-26(22-4-2-1-3-5-22)14-19-38-17-12-25(13-18-38)36-27(39)20-21-6-8-24(9-7-21)30(33,34)35;/h1-9,23,25-26H,10-20H2,(H,36,39)(H,37,40);1H4/t26-;/m0./s1. The van der Waals surface area contributed by atoms with Gasteiger partial charge in [-0.25, -0.2) is 8.78 Å². The Morgan fingerprint density at radius 3 is 2.12 bits per heavy atom. The Morgan fingerprint density at radius 1 is 0.927 bits per heavy atom. The number of rotatable bonds is 9. The van der Waals surface area contributed by atoms with Crippen molar-refractivity contribution in [3.05, 3.63) is 71.3 Å². The smallest absolute Gasteiger partial charge is 0.353 e. The van der Waals surface area contributed by atoms with Crippen molar-refractivity contribution in [2.24, 2.45) is 5.92 Å². The Balaban J connectivity index is 0.00000462. The van der Waals surface area contributed by atoms with Crippen LogP contribution in [0.2, 0.25) is 0 Å². The lowest BCUT2D eigenvalue weighted by molar-refractivity contribution is -0.137. The number of hydrogen-bond donors (Lipinski definition) is 2. The van der Waals surface area contributed by atoms with Crippen LogP contribution in [0.25, 0.3) is 0 Å². The van der Waals surface area contributed by atoms with Gasteiger partial charge >= 0.3 is 6.18 Å². The van der Waals surface area contributed by atoms with Gasteiger partial charge in [-0.1, -0.05) is 49.9 Å². The summed E-state index contributed by atoms with van der Waals surface area (Å²) in [4.78, 5) is 27.7. The zero-order valence-corrected chi connectivity index (χ0v) is 22.4. The minimum atomic E-state index is -4.41. The van der Waals surface area contributed by atoms with E-state index in [2.05, 4.69) is 15.5 Å². The second-order valence-electron chi connectivity index (χ2n) is 10.9. The van der Waals surface area contributed by atoms with Crippen LogP contribution in [0.1, 0.15) is 75.1 Å². The molecule has 1 aliphatic carbocycles. The van der Waals surface area contributed by atoms with E-state index in [1.165, 1.54) is 12.1 Å². The van der Waals surface area contributed by atoms with Gasteiger partial charge in [-0.05, 0) is 55.4 Å². The van der Waals surface area contributed by atoms with Crippen LogP contribution in [0.3, 0.4) is 0 Å². The molecule has 1 aliphatic heterocycles. The maximum Gasteiger partial charge on any atom is 0.416 e. The maximum absolute atomic E-state index is 13.5. The number of likely N-dealkylation sites (tertiary alicyclic amines) is 1. The van der Waals surface area contributed by atoms with Gasteiger partial charge in [-0.3, -0.25) is 9.59 Å². The lowest BCUT2D eigenvalue weighted by Gasteiger charge is -2.34. The van der Waals surface area contributed by atoms with Gasteiger partial charge in [0.1, 0.15) is 0 Å². The van der Waals surface area contributed by atoms with Gasteiger partial charge in [0.2, 0.25) is 17.7 Å². The average Bonchev–Trinajstić information content (AvgIpc) is 2.92. The SMILES string of the molecule is C.O=C(Cc1ccc(C(F)(F)F)cc1)NC1CCN(CC[C@H](NC(=O)C2CCC(F)(F)CC2)c2ccccc2)CC1. The molecular weight excluding hydrogens is 541 g/mol. The molecule has 226 valence electrons. The molecule has 0 bridgehead atoms. The normalized spacial score (nSPS) is 19.1. The molecule has 10 heteroatoms. The molecule has 2 aromatic rings. The van der Waals surface area contributed by atoms with E-state index in [1.807, 2.05) is 30.3 Å². The molecule has 0 aromatic heterocycles. The summed E-state index contributed by atoms with van der Waals surface area (Å²) in [5.41, 5.74) is 0.762. The molecule has 0 spiro atoms. The van der Waals surface area contributed by atoms with Gasteiger partial charge in [0.15, 0.2) is 0 Å². The zero-order valence-electron chi connectivity index (χ0n) is 22.4. The molecule has 41 heavy (non-hydrogen) atoms. The molecule has 2 N–H and O–H groups in total. The lowest BCUT2D eigenvalue weighted by atomic mass is 9.86. The third-order valence-electron chi connectivity index (χ3n) is 7.94. The van der Waals surface area contributed by atoms with Gasteiger partial charge < -0.3 is 15.5 Å². The van der Waals surface area contributed by atoms with Crippen molar-refractivity contribution in [2.75, 3.05) is 19.6 Å². The van der Waals surface area contributed by atoms with E-state index in [1.54, 1.807) is 0 Å². The third kappa shape index (κ3) is 9.80. The lowest BCUT2D eigenvalue weighted by Crippen LogP contribution is -2.46. The molecular formula is C31H40F5N3O2. The maximum atomic E-state index is 13.5. The molecule has 0 radical (unpaired) electrons. The van der Waals surface area contributed by atoms with Gasteiger partial charge in [0.25, 0.3) is 0 Å². The Hall–Kier alpha value is -3.01. The fourth-order valence-electron chi connectivity index (χ4n) is 5.49. The first-order valence-electron chi connectivity index (χ1n) is 13.9. The molecule has 1 atom stereocenters. The highest BCUT2D eigenvalue weighted by molar-refractivity contribution is 5.79. The second kappa shape index (κ2) is 14.2. The number of benzene rings is 2. The molecule has 1 saturated heterocycles. The predicted molar refractivity (Wildman–Crippen MR) is 148 cm³/mol. The number of hydrogen-bond acceptors (Lipinski definition) is 3. The van der Waals surface area contributed by atoms with E-state index in [0.717, 1.165) is 50.2 Å². The fourth-order valence-corrected chi connectivity index (χ4v) is 5.49. The number of nitrogens with one attached hydrogen (secondary N) is 2. The molecule has 1 heterocycles. The Kier molecular flexibility index (Phi) is 11.3. The number of alkyl halides is 5. The quantitative estimate of drug-likeness (QED) is 0.331. The van der Waals surface area contributed by atoms with Gasteiger partial charge in [0.05, 0.1) is 18.0 Å². The minimum absolute atomic E-state index is 0. The summed E-state index contributed by atoms with van der Waals surface area (Å²) in [6.45, 7) is 2.26. The number of carbonyl (C=O) groups is 2. The third-order valence-corrected chi connectivity index (χ3v) is 7.94. The number of piperidine rings is 1. The summed E-state index contributed by atoms with van der Waals surface area (Å²) in [5.74, 6) is -3.46. The second-order valence-corrected chi connectivity index (χ2v) is 10.9. The van der Waals surface area contributed by atoms with Crippen LogP contribution in [0.15, 0.2) is 54.6 Å². The van der Waals surface area contributed by atoms with Crippen LogP contribution >= 0.6 is 0 Å². The van der Waals surface area contributed by atoms with Crippen molar-refractivity contribution in [1.82, 2.24) is 15.5 Å². The minimum Gasteiger partial charge on any atom is -0.353 e. The highest BCUT2D eigenvalue weighted by atomic mass is 19.4. The predicted octanol–water partition coefficient (Wildman–Crippen LogP) is 6.54. The number of amides is 2. The molecule has 1 saturated carbocycles. The Morgan fingerprint density at radius 2 is 1.54 bits per heavy atom. The Labute approximate surface area is 238 Å². The Bertz CT molecular complexity index is 1110. The largest absolute Gasteiger partial charge is 0.416 e. The molecule has 0 unspecified atom stereocenters. The van der Waals surface area contributed by atoms with Crippen LogP contribution < -0.4 is 10.6 Å². The zero-order chi connectivity index (χ0) is 28.8. The fraction of sp³-hybridized carbons (Fsp3) is 0.548. The summed E-state index contributed by atoms with van der Waals surface area (Å²) in [6, 6.07) is 14.0. The number of carbonyl (C=O) groups excluding carboxylic acids is 2. The van der Waals surface area contributed by atoms with E-state index in [0.29, 0.717) is 12.0 Å². The molecule has 2 aromatic carbocycles. The molecule has 4 rings (SSSR count). The van der Waals surface area contributed by atoms with Crippen molar-refractivity contribution in [3.63, 3.8) is 0 Å². The topological polar surface area (TPSA) is 61.4 Å². The summed E-state index contributed by atoms with van der Waals surface area (Å²) in [5, 5.41) is 6.10. The van der Waals surface area contributed by atoms with Crippen LogP contribution in [0.4, 0.5) is 22.0 Å². The van der Waals surface area contributed by atoms with Gasteiger partial charge in [-0.15, -0.1) is 0 Å². The van der Waals surface area contributed by atoms with E-state index >= 15 is 0 Å². The monoisotopic (exact) mass is 581 g/mol. The van der Waals surface area contributed by atoms with Crippen molar-refractivity contribution >= 4 is 11.8 Å². The number of nitrogens with zero attached hydrogens (tertiary/aromatic N) is 1. The van der Waals surface area contributed by atoms with Crippen molar-refractivity contribution in [3.8, 4) is 0 Å². The first-order valence-corrected chi connectivity index (χ1v) is 13.9. The van der Waals surface area contributed by atoms with Crippen molar-refractivity contribution in [1.29, 1.82) is 0 Å². The van der Waals surface area contributed by atoms with Crippen LogP contribution in [-0.4, -0.2) is 48.3 Å². The van der Waals surface area contributed by atoms with Crippen molar-refractivity contribution in [2.45, 2.75) is 83.0 Å². The van der Waals surface area contributed by atoms with E-state index < -0.39 is 23.6 Å². The summed E-state index contributed by atoms with van der Waals surface area (Å²) < 4.78 is 65.3. The van der Waals surface area contributed by atoms with E-state index in [-0.39, 0.29) is 63.4 Å². The van der Waals surface area contributed by atoms with Gasteiger partial charge in [0, 0.05) is 44.4 Å². The highest BCUT2D eigenvalue weighted by Crippen LogP contribution is 2.36. The van der Waals surface area contributed by atoms with E-state index in [4.69, 9.17) is 0 Å². The first kappa shape index (κ1) is 32.5. The van der Waals surface area contributed by atoms with Crippen LogP contribution in [0, 0.1) is 5.92 Å². The van der Waals surface area contributed by atoms with Gasteiger partial charge in [-0.2, -0.15) is 13.2 Å². The summed E-state index contributed by atoms with van der Waals surface area (Å²) >= 11 is 0. The highest BCUT2D eigenvalue weighted by Gasteiger charge is 2.38. The average molecular weight is 582 g/mol. The molecule has 2 amide bonds. The van der Waals surface area contributed by atoms with Crippen LogP contribution in [-0.2, 0) is 22.2 Å². The first-order chi connectivity index (χ1) is 19.0. The summed E-state index contributed by atoms with van der Waals surface area (Å²) in [6.07, 6.45) is -2.34. The molecule has 2 fully saturated rings. The van der Waals surface area contributed by atoms with E-state index in [9.17, 15) is 31.5 Å². The molecule has 5 nitrogen and oxygen atoms in total. The van der Waals surface area contributed by atoms with Crippen LogP contribution in [0.5, 0.6) is 0 Å².